The molecule has 0 saturated carbocycles. The fraction of sp³-hybridized carbons (Fsp3) is 0.467. The fourth-order valence-electron chi connectivity index (χ4n) is 1.70. The third-order valence-electron chi connectivity index (χ3n) is 2.60. The maximum absolute atomic E-state index is 12.8. The van der Waals surface area contributed by atoms with E-state index in [4.69, 9.17) is 0 Å². The Morgan fingerprint density at radius 2 is 2.00 bits per heavy atom. The first-order valence-electron chi connectivity index (χ1n) is 6.13. The minimum Gasteiger partial charge on any atom is -0.313 e. The molecule has 0 fully saturated rings. The Bertz CT molecular complexity index is 372. The van der Waals surface area contributed by atoms with Gasteiger partial charge < -0.3 is 5.32 Å². The Morgan fingerprint density at radius 3 is 2.59 bits per heavy atom. The lowest BCUT2D eigenvalue weighted by Gasteiger charge is -2.16. The molecule has 0 radical (unpaired) electrons. The van der Waals surface area contributed by atoms with E-state index in [-0.39, 0.29) is 5.82 Å². The zero-order valence-electron chi connectivity index (χ0n) is 10.6. The number of benzene rings is 1. The fourth-order valence-corrected chi connectivity index (χ4v) is 1.70. The predicted molar refractivity (Wildman–Crippen MR) is 70.3 cm³/mol. The van der Waals surface area contributed by atoms with Crippen LogP contribution in [-0.4, -0.2) is 12.6 Å². The van der Waals surface area contributed by atoms with Crippen LogP contribution < -0.4 is 5.32 Å². The summed E-state index contributed by atoms with van der Waals surface area (Å²) in [4.78, 5) is 0. The summed E-state index contributed by atoms with van der Waals surface area (Å²) in [7, 11) is 0. The van der Waals surface area contributed by atoms with Crippen molar-refractivity contribution >= 4 is 0 Å². The maximum Gasteiger partial charge on any atom is 0.123 e. The highest BCUT2D eigenvalue weighted by Gasteiger charge is 2.07. The number of rotatable bonds is 6. The van der Waals surface area contributed by atoms with Crippen LogP contribution in [0, 0.1) is 17.7 Å². The molecule has 1 atom stereocenters. The van der Waals surface area contributed by atoms with Crippen molar-refractivity contribution in [2.75, 3.05) is 6.54 Å². The first kappa shape index (κ1) is 13.7. The maximum atomic E-state index is 12.8. The van der Waals surface area contributed by atoms with E-state index >= 15 is 0 Å². The van der Waals surface area contributed by atoms with E-state index in [1.165, 1.54) is 12.1 Å². The van der Waals surface area contributed by atoms with Crippen LogP contribution in [0.5, 0.6) is 0 Å². The highest BCUT2D eigenvalue weighted by atomic mass is 19.1. The van der Waals surface area contributed by atoms with Gasteiger partial charge in [0.1, 0.15) is 5.82 Å². The van der Waals surface area contributed by atoms with Gasteiger partial charge in [-0.05, 0) is 44.0 Å². The summed E-state index contributed by atoms with van der Waals surface area (Å²) < 4.78 is 12.8. The average Bonchev–Trinajstić information content (AvgIpc) is 2.35. The van der Waals surface area contributed by atoms with E-state index in [2.05, 4.69) is 24.1 Å². The molecule has 0 aliphatic carbocycles. The third kappa shape index (κ3) is 5.51. The molecule has 2 heteroatoms. The van der Waals surface area contributed by atoms with Crippen LogP contribution in [0.1, 0.15) is 32.3 Å². The summed E-state index contributed by atoms with van der Waals surface area (Å²) in [5.41, 5.74) is 1.15. The minimum absolute atomic E-state index is 0.180. The van der Waals surface area contributed by atoms with E-state index in [0.717, 1.165) is 31.4 Å². The van der Waals surface area contributed by atoms with Gasteiger partial charge in [0.15, 0.2) is 0 Å². The lowest BCUT2D eigenvalue weighted by molar-refractivity contribution is 0.516. The van der Waals surface area contributed by atoms with Crippen LogP contribution in [0.25, 0.3) is 0 Å². The molecule has 0 aliphatic rings. The molecular weight excluding hydrogens is 213 g/mol. The molecule has 0 bridgehead atoms. The second-order valence-corrected chi connectivity index (χ2v) is 4.11. The largest absolute Gasteiger partial charge is 0.313 e. The van der Waals surface area contributed by atoms with Gasteiger partial charge in [0.05, 0.1) is 0 Å². The quantitative estimate of drug-likeness (QED) is 0.744. The van der Waals surface area contributed by atoms with Crippen molar-refractivity contribution in [2.45, 2.75) is 39.2 Å². The Balaban J connectivity index is 2.56. The summed E-state index contributed by atoms with van der Waals surface area (Å²) in [6.45, 7) is 5.00. The number of halogens is 1. The summed E-state index contributed by atoms with van der Waals surface area (Å²) in [5.74, 6) is 5.84. The Morgan fingerprint density at radius 1 is 1.29 bits per heavy atom. The molecule has 17 heavy (non-hydrogen) atoms. The molecule has 1 aromatic rings. The summed E-state index contributed by atoms with van der Waals surface area (Å²) >= 11 is 0. The highest BCUT2D eigenvalue weighted by Crippen LogP contribution is 2.07. The standard InChI is InChI=1S/C15H20FN/c1-3-5-6-15(17-11-4-2)12-13-7-9-14(16)10-8-13/h7-10,15,17H,4,6,11-12H2,1-2H3. The molecule has 0 aromatic heterocycles. The predicted octanol–water partition coefficient (Wildman–Crippen LogP) is 3.15. The van der Waals surface area contributed by atoms with Crippen molar-refractivity contribution < 1.29 is 4.39 Å². The lowest BCUT2D eigenvalue weighted by atomic mass is 10.0. The molecule has 0 saturated heterocycles. The van der Waals surface area contributed by atoms with Gasteiger partial charge in [-0.1, -0.05) is 19.1 Å². The molecule has 0 amide bonds. The van der Waals surface area contributed by atoms with Crippen molar-refractivity contribution in [1.29, 1.82) is 0 Å². The molecule has 0 heterocycles. The Hall–Kier alpha value is -1.33. The Kier molecular flexibility index (Phi) is 6.35. The van der Waals surface area contributed by atoms with Crippen LogP contribution in [0.2, 0.25) is 0 Å². The Labute approximate surface area is 103 Å². The summed E-state index contributed by atoms with van der Waals surface area (Å²) in [5, 5.41) is 3.47. The summed E-state index contributed by atoms with van der Waals surface area (Å²) in [6, 6.07) is 7.06. The third-order valence-corrected chi connectivity index (χ3v) is 2.60. The van der Waals surface area contributed by atoms with Crippen LogP contribution in [0.15, 0.2) is 24.3 Å². The van der Waals surface area contributed by atoms with Crippen LogP contribution in [-0.2, 0) is 6.42 Å². The second kappa shape index (κ2) is 7.86. The minimum atomic E-state index is -0.180. The van der Waals surface area contributed by atoms with Gasteiger partial charge in [-0.2, -0.15) is 0 Å². The van der Waals surface area contributed by atoms with E-state index in [1.54, 1.807) is 0 Å². The van der Waals surface area contributed by atoms with Gasteiger partial charge in [0, 0.05) is 12.5 Å². The smallest absolute Gasteiger partial charge is 0.123 e. The first-order chi connectivity index (χ1) is 8.26. The van der Waals surface area contributed by atoms with Crippen molar-refractivity contribution in [3.05, 3.63) is 35.6 Å². The van der Waals surface area contributed by atoms with Crippen LogP contribution in [0.4, 0.5) is 4.39 Å². The molecule has 0 aliphatic heterocycles. The van der Waals surface area contributed by atoms with Gasteiger partial charge in [-0.25, -0.2) is 4.39 Å². The van der Waals surface area contributed by atoms with E-state index < -0.39 is 0 Å². The van der Waals surface area contributed by atoms with Gasteiger partial charge in [0.25, 0.3) is 0 Å². The van der Waals surface area contributed by atoms with Crippen LogP contribution in [0.3, 0.4) is 0 Å². The summed E-state index contributed by atoms with van der Waals surface area (Å²) in [6.07, 6.45) is 2.85. The van der Waals surface area contributed by atoms with Gasteiger partial charge in [0.2, 0.25) is 0 Å². The van der Waals surface area contributed by atoms with Crippen LogP contribution >= 0.6 is 0 Å². The van der Waals surface area contributed by atoms with Gasteiger partial charge >= 0.3 is 0 Å². The normalized spacial score (nSPS) is 11.7. The highest BCUT2D eigenvalue weighted by molar-refractivity contribution is 5.17. The molecule has 92 valence electrons. The molecular formula is C15H20FN. The van der Waals surface area contributed by atoms with Crippen molar-refractivity contribution in [3.8, 4) is 11.8 Å². The number of hydrogen-bond acceptors (Lipinski definition) is 1. The molecule has 1 N–H and O–H groups in total. The van der Waals surface area contributed by atoms with Gasteiger partial charge in [-0.15, -0.1) is 11.8 Å². The monoisotopic (exact) mass is 233 g/mol. The first-order valence-corrected chi connectivity index (χ1v) is 6.13. The number of nitrogens with one attached hydrogen (secondary N) is 1. The van der Waals surface area contributed by atoms with E-state index in [0.29, 0.717) is 6.04 Å². The second-order valence-electron chi connectivity index (χ2n) is 4.11. The van der Waals surface area contributed by atoms with Crippen molar-refractivity contribution in [1.82, 2.24) is 5.32 Å². The zero-order chi connectivity index (χ0) is 12.5. The molecule has 0 spiro atoms. The molecule has 1 nitrogen and oxygen atoms in total. The molecule has 1 aromatic carbocycles. The number of hydrogen-bond donors (Lipinski definition) is 1. The SMILES string of the molecule is CC#CCC(Cc1ccc(F)cc1)NCCC. The molecule has 1 rings (SSSR count). The van der Waals surface area contributed by atoms with Crippen molar-refractivity contribution in [3.63, 3.8) is 0 Å². The van der Waals surface area contributed by atoms with Gasteiger partial charge in [-0.3, -0.25) is 0 Å². The topological polar surface area (TPSA) is 12.0 Å². The zero-order valence-corrected chi connectivity index (χ0v) is 10.6. The molecule has 1 unspecified atom stereocenters. The average molecular weight is 233 g/mol. The lowest BCUT2D eigenvalue weighted by Crippen LogP contribution is -2.31. The van der Waals surface area contributed by atoms with Crippen molar-refractivity contribution in [2.24, 2.45) is 0 Å². The van der Waals surface area contributed by atoms with E-state index in [9.17, 15) is 4.39 Å². The van der Waals surface area contributed by atoms with E-state index in [1.807, 2.05) is 19.1 Å².